The van der Waals surface area contributed by atoms with Crippen LogP contribution in [0.15, 0.2) is 22.7 Å². The number of carbonyl (C=O) groups is 1. The van der Waals surface area contributed by atoms with Crippen LogP contribution in [0.1, 0.15) is 23.2 Å². The number of rotatable bonds is 3. The average molecular weight is 298 g/mol. The molecule has 1 aromatic carbocycles. The summed E-state index contributed by atoms with van der Waals surface area (Å²) >= 11 is 3.38. The smallest absolute Gasteiger partial charge is 0.152 e. The zero-order valence-corrected chi connectivity index (χ0v) is 11.4. The summed E-state index contributed by atoms with van der Waals surface area (Å²) in [4.78, 5) is 13.3. The highest BCUT2D eigenvalue weighted by Gasteiger charge is 2.21. The highest BCUT2D eigenvalue weighted by molar-refractivity contribution is 9.10. The number of nitrogens with zero attached hydrogens (tertiary/aromatic N) is 1. The lowest BCUT2D eigenvalue weighted by Gasteiger charge is -2.34. The van der Waals surface area contributed by atoms with E-state index in [0.29, 0.717) is 0 Å². The minimum atomic E-state index is 0.270. The van der Waals surface area contributed by atoms with Gasteiger partial charge in [0.05, 0.1) is 6.10 Å². The van der Waals surface area contributed by atoms with Gasteiger partial charge in [0.25, 0.3) is 0 Å². The van der Waals surface area contributed by atoms with E-state index in [-0.39, 0.29) is 6.10 Å². The largest absolute Gasteiger partial charge is 0.380 e. The van der Waals surface area contributed by atoms with Crippen molar-refractivity contribution in [1.82, 2.24) is 0 Å². The molecule has 1 atom stereocenters. The van der Waals surface area contributed by atoms with Crippen molar-refractivity contribution in [2.45, 2.75) is 18.9 Å². The SMILES string of the molecule is COC1CCCN(c2ccc(Br)cc2C=O)C1. The number of halogens is 1. The second-order valence-corrected chi connectivity index (χ2v) is 5.18. The third kappa shape index (κ3) is 2.87. The first kappa shape index (κ1) is 12.6. The highest BCUT2D eigenvalue weighted by atomic mass is 79.9. The summed E-state index contributed by atoms with van der Waals surface area (Å²) in [6.07, 6.45) is 3.38. The summed E-state index contributed by atoms with van der Waals surface area (Å²) in [6, 6.07) is 5.82. The average Bonchev–Trinajstić information content (AvgIpc) is 2.38. The van der Waals surface area contributed by atoms with E-state index < -0.39 is 0 Å². The zero-order valence-electron chi connectivity index (χ0n) is 9.86. The molecule has 1 aromatic rings. The van der Waals surface area contributed by atoms with Crippen LogP contribution in [0.2, 0.25) is 0 Å². The van der Waals surface area contributed by atoms with Crippen LogP contribution in [0, 0.1) is 0 Å². The molecule has 4 heteroatoms. The van der Waals surface area contributed by atoms with Crippen molar-refractivity contribution in [3.63, 3.8) is 0 Å². The molecular formula is C13H16BrNO2. The highest BCUT2D eigenvalue weighted by Crippen LogP contribution is 2.26. The predicted molar refractivity (Wildman–Crippen MR) is 71.8 cm³/mol. The minimum Gasteiger partial charge on any atom is -0.380 e. The molecule has 1 aliphatic rings. The molecule has 0 radical (unpaired) electrons. The molecule has 1 aliphatic heterocycles. The molecule has 1 heterocycles. The Morgan fingerprint density at radius 1 is 1.53 bits per heavy atom. The summed E-state index contributed by atoms with van der Waals surface area (Å²) in [6.45, 7) is 1.85. The lowest BCUT2D eigenvalue weighted by molar-refractivity contribution is 0.0892. The number of ether oxygens (including phenoxy) is 1. The topological polar surface area (TPSA) is 29.5 Å². The zero-order chi connectivity index (χ0) is 12.3. The van der Waals surface area contributed by atoms with Gasteiger partial charge in [0.15, 0.2) is 6.29 Å². The molecule has 0 saturated carbocycles. The number of methoxy groups -OCH3 is 1. The van der Waals surface area contributed by atoms with Crippen molar-refractivity contribution >= 4 is 27.9 Å². The van der Waals surface area contributed by atoms with Crippen LogP contribution in [0.3, 0.4) is 0 Å². The Bertz CT molecular complexity index is 408. The maximum atomic E-state index is 11.1. The van der Waals surface area contributed by atoms with E-state index in [4.69, 9.17) is 4.74 Å². The molecule has 0 spiro atoms. The molecule has 0 bridgehead atoms. The van der Waals surface area contributed by atoms with Crippen LogP contribution < -0.4 is 4.90 Å². The molecule has 0 aromatic heterocycles. The van der Waals surface area contributed by atoms with Crippen molar-refractivity contribution in [1.29, 1.82) is 0 Å². The van der Waals surface area contributed by atoms with E-state index in [1.165, 1.54) is 0 Å². The van der Waals surface area contributed by atoms with Crippen LogP contribution in [0.5, 0.6) is 0 Å². The van der Waals surface area contributed by atoms with Gasteiger partial charge in [-0.1, -0.05) is 15.9 Å². The molecule has 2 rings (SSSR count). The number of aldehydes is 1. The van der Waals surface area contributed by atoms with E-state index >= 15 is 0 Å². The van der Waals surface area contributed by atoms with Gasteiger partial charge in [0, 0.05) is 35.9 Å². The normalized spacial score (nSPS) is 20.4. The van der Waals surface area contributed by atoms with Gasteiger partial charge in [-0.2, -0.15) is 0 Å². The van der Waals surface area contributed by atoms with Crippen molar-refractivity contribution < 1.29 is 9.53 Å². The second-order valence-electron chi connectivity index (χ2n) is 4.27. The fourth-order valence-corrected chi connectivity index (χ4v) is 2.64. The molecule has 1 unspecified atom stereocenters. The van der Waals surface area contributed by atoms with Gasteiger partial charge in [0.2, 0.25) is 0 Å². The van der Waals surface area contributed by atoms with E-state index in [1.807, 2.05) is 18.2 Å². The third-order valence-corrected chi connectivity index (χ3v) is 3.66. The van der Waals surface area contributed by atoms with Crippen LogP contribution in [-0.4, -0.2) is 32.6 Å². The fourth-order valence-electron chi connectivity index (χ4n) is 2.26. The molecule has 1 fully saturated rings. The van der Waals surface area contributed by atoms with Gasteiger partial charge >= 0.3 is 0 Å². The van der Waals surface area contributed by atoms with E-state index in [9.17, 15) is 4.79 Å². The van der Waals surface area contributed by atoms with Crippen molar-refractivity contribution in [2.75, 3.05) is 25.1 Å². The monoisotopic (exact) mass is 297 g/mol. The lowest BCUT2D eigenvalue weighted by Crippen LogP contribution is -2.39. The number of anilines is 1. The molecular weight excluding hydrogens is 282 g/mol. The van der Waals surface area contributed by atoms with Gasteiger partial charge in [-0.3, -0.25) is 4.79 Å². The van der Waals surface area contributed by atoms with Gasteiger partial charge < -0.3 is 9.64 Å². The Morgan fingerprint density at radius 3 is 3.06 bits per heavy atom. The van der Waals surface area contributed by atoms with Gasteiger partial charge in [-0.15, -0.1) is 0 Å². The van der Waals surface area contributed by atoms with Gasteiger partial charge in [0.1, 0.15) is 0 Å². The number of hydrogen-bond acceptors (Lipinski definition) is 3. The molecule has 0 aliphatic carbocycles. The molecule has 0 amide bonds. The van der Waals surface area contributed by atoms with Crippen LogP contribution >= 0.6 is 15.9 Å². The molecule has 92 valence electrons. The van der Waals surface area contributed by atoms with Crippen molar-refractivity contribution in [3.8, 4) is 0 Å². The molecule has 3 nitrogen and oxygen atoms in total. The summed E-state index contributed by atoms with van der Waals surface area (Å²) in [5, 5.41) is 0. The third-order valence-electron chi connectivity index (χ3n) is 3.17. The van der Waals surface area contributed by atoms with Gasteiger partial charge in [-0.25, -0.2) is 0 Å². The minimum absolute atomic E-state index is 0.270. The lowest BCUT2D eigenvalue weighted by atomic mass is 10.1. The Hall–Kier alpha value is -0.870. The maximum absolute atomic E-state index is 11.1. The standard InChI is InChI=1S/C13H16BrNO2/c1-17-12-3-2-6-15(8-12)13-5-4-11(14)7-10(13)9-16/h4-5,7,9,12H,2-3,6,8H2,1H3. The Balaban J connectivity index is 2.23. The summed E-state index contributed by atoms with van der Waals surface area (Å²) < 4.78 is 6.33. The second kappa shape index (κ2) is 5.65. The number of hydrogen-bond donors (Lipinski definition) is 0. The Kier molecular flexibility index (Phi) is 4.18. The van der Waals surface area contributed by atoms with Crippen molar-refractivity contribution in [3.05, 3.63) is 28.2 Å². The van der Waals surface area contributed by atoms with Crippen LogP contribution in [0.25, 0.3) is 0 Å². The predicted octanol–water partition coefficient (Wildman–Crippen LogP) is 2.88. The van der Waals surface area contributed by atoms with E-state index in [1.54, 1.807) is 7.11 Å². The summed E-state index contributed by atoms with van der Waals surface area (Å²) in [5.74, 6) is 0. The van der Waals surface area contributed by atoms with Crippen molar-refractivity contribution in [2.24, 2.45) is 0 Å². The number of piperidine rings is 1. The maximum Gasteiger partial charge on any atom is 0.152 e. The number of carbonyl (C=O) groups excluding carboxylic acids is 1. The molecule has 1 saturated heterocycles. The quantitative estimate of drug-likeness (QED) is 0.804. The molecule has 17 heavy (non-hydrogen) atoms. The van der Waals surface area contributed by atoms with Crippen LogP contribution in [0.4, 0.5) is 5.69 Å². The Morgan fingerprint density at radius 2 is 2.35 bits per heavy atom. The summed E-state index contributed by atoms with van der Waals surface area (Å²) in [5.41, 5.74) is 1.74. The Labute approximate surface area is 110 Å². The summed E-state index contributed by atoms with van der Waals surface area (Å²) in [7, 11) is 1.75. The van der Waals surface area contributed by atoms with E-state index in [2.05, 4.69) is 20.8 Å². The fraction of sp³-hybridized carbons (Fsp3) is 0.462. The van der Waals surface area contributed by atoms with Crippen LogP contribution in [-0.2, 0) is 4.74 Å². The first-order valence-electron chi connectivity index (χ1n) is 5.77. The number of benzene rings is 1. The van der Waals surface area contributed by atoms with Gasteiger partial charge in [-0.05, 0) is 31.0 Å². The first-order valence-corrected chi connectivity index (χ1v) is 6.56. The first-order chi connectivity index (χ1) is 8.24. The van der Waals surface area contributed by atoms with E-state index in [0.717, 1.165) is 47.9 Å². The molecule has 0 N–H and O–H groups in total.